The minimum Gasteiger partial charge on any atom is -0.354 e. The van der Waals surface area contributed by atoms with E-state index in [-0.39, 0.29) is 42.7 Å². The molecule has 0 aromatic rings. The first-order valence-electron chi connectivity index (χ1n) is 6.33. The van der Waals surface area contributed by atoms with Crippen LogP contribution in [-0.4, -0.2) is 42.5 Å². The monoisotopic (exact) mass is 299 g/mol. The van der Waals surface area contributed by atoms with E-state index in [2.05, 4.69) is 17.1 Å². The zero-order chi connectivity index (χ0) is 12.1. The molecular weight excluding hydrogens is 273 g/mol. The second-order valence-electron chi connectivity index (χ2n) is 4.82. The number of halogens is 2. The quantitative estimate of drug-likeness (QED) is 0.807. The molecule has 0 aliphatic carbocycles. The van der Waals surface area contributed by atoms with E-state index in [0.29, 0.717) is 6.04 Å². The molecule has 0 saturated carbocycles. The lowest BCUT2D eigenvalue weighted by molar-refractivity contribution is -0.125. The number of nitrogens with two attached hydrogens (primary N) is 1. The Hall–Kier alpha value is -0.0300. The maximum absolute atomic E-state index is 11.7. The minimum atomic E-state index is -0.100. The van der Waals surface area contributed by atoms with E-state index in [9.17, 15) is 4.79 Å². The zero-order valence-electron chi connectivity index (χ0n) is 11.5. The Morgan fingerprint density at radius 3 is 2.56 bits per heavy atom. The van der Waals surface area contributed by atoms with E-state index in [1.807, 2.05) is 13.8 Å². The number of carbonyl (C=O) groups is 1. The number of nitrogens with one attached hydrogen (secondary N) is 1. The van der Waals surface area contributed by atoms with Gasteiger partial charge in [0.25, 0.3) is 0 Å². The van der Waals surface area contributed by atoms with Gasteiger partial charge in [-0.2, -0.15) is 0 Å². The molecule has 110 valence electrons. The molecule has 1 fully saturated rings. The summed E-state index contributed by atoms with van der Waals surface area (Å²) in [6.07, 6.45) is 2.44. The Morgan fingerprint density at radius 2 is 2.06 bits per heavy atom. The van der Waals surface area contributed by atoms with Crippen molar-refractivity contribution in [2.75, 3.05) is 19.6 Å². The topological polar surface area (TPSA) is 58.4 Å². The van der Waals surface area contributed by atoms with E-state index in [0.717, 1.165) is 13.1 Å². The SMILES string of the molecule is CCN1CCCC1CNC(=O)C(C)C(C)N.Cl.Cl. The largest absolute Gasteiger partial charge is 0.354 e. The average Bonchev–Trinajstić information content (AvgIpc) is 2.71. The van der Waals surface area contributed by atoms with Crippen LogP contribution < -0.4 is 11.1 Å². The maximum atomic E-state index is 11.7. The van der Waals surface area contributed by atoms with Gasteiger partial charge in [0.05, 0.1) is 0 Å². The Morgan fingerprint density at radius 1 is 1.44 bits per heavy atom. The summed E-state index contributed by atoms with van der Waals surface area (Å²) in [4.78, 5) is 14.2. The van der Waals surface area contributed by atoms with Gasteiger partial charge in [0.2, 0.25) is 5.91 Å². The Labute approximate surface area is 123 Å². The summed E-state index contributed by atoms with van der Waals surface area (Å²) in [6.45, 7) is 8.93. The molecule has 0 aromatic heterocycles. The van der Waals surface area contributed by atoms with Crippen molar-refractivity contribution in [2.24, 2.45) is 11.7 Å². The first-order chi connectivity index (χ1) is 7.56. The molecule has 1 heterocycles. The molecule has 1 rings (SSSR count). The predicted molar refractivity (Wildman–Crippen MR) is 80.6 cm³/mol. The summed E-state index contributed by atoms with van der Waals surface area (Å²) in [5.74, 6) is -0.0190. The number of hydrogen-bond acceptors (Lipinski definition) is 3. The third-order valence-corrected chi connectivity index (χ3v) is 3.62. The van der Waals surface area contributed by atoms with Crippen LogP contribution in [-0.2, 0) is 4.79 Å². The van der Waals surface area contributed by atoms with Crippen LogP contribution in [0.5, 0.6) is 0 Å². The predicted octanol–water partition coefficient (Wildman–Crippen LogP) is 1.41. The van der Waals surface area contributed by atoms with Crippen molar-refractivity contribution in [3.63, 3.8) is 0 Å². The first-order valence-corrected chi connectivity index (χ1v) is 6.33. The number of carbonyl (C=O) groups excluding carboxylic acids is 1. The van der Waals surface area contributed by atoms with Crippen molar-refractivity contribution in [1.82, 2.24) is 10.2 Å². The minimum absolute atomic E-state index is 0. The number of likely N-dealkylation sites (N-methyl/N-ethyl adjacent to an activating group) is 1. The molecule has 0 bridgehead atoms. The highest BCUT2D eigenvalue weighted by Crippen LogP contribution is 2.15. The fourth-order valence-electron chi connectivity index (χ4n) is 2.16. The third-order valence-electron chi connectivity index (χ3n) is 3.62. The van der Waals surface area contributed by atoms with Crippen molar-refractivity contribution >= 4 is 30.7 Å². The molecule has 3 atom stereocenters. The molecule has 0 radical (unpaired) electrons. The number of rotatable bonds is 5. The van der Waals surface area contributed by atoms with Crippen LogP contribution in [0.25, 0.3) is 0 Å². The van der Waals surface area contributed by atoms with Crippen molar-refractivity contribution in [1.29, 1.82) is 0 Å². The second-order valence-corrected chi connectivity index (χ2v) is 4.82. The van der Waals surface area contributed by atoms with E-state index >= 15 is 0 Å². The van der Waals surface area contributed by atoms with Gasteiger partial charge in [-0.05, 0) is 32.9 Å². The van der Waals surface area contributed by atoms with E-state index in [1.165, 1.54) is 19.4 Å². The van der Waals surface area contributed by atoms with Crippen LogP contribution >= 0.6 is 24.8 Å². The molecule has 3 unspecified atom stereocenters. The lowest BCUT2D eigenvalue weighted by Crippen LogP contribution is -2.44. The van der Waals surface area contributed by atoms with Crippen LogP contribution in [0.2, 0.25) is 0 Å². The second kappa shape index (κ2) is 9.84. The fourth-order valence-corrected chi connectivity index (χ4v) is 2.16. The Kier molecular flexibility index (Phi) is 11.1. The first kappa shape index (κ1) is 20.3. The summed E-state index contributed by atoms with van der Waals surface area (Å²) in [7, 11) is 0. The van der Waals surface area contributed by atoms with Gasteiger partial charge >= 0.3 is 0 Å². The fraction of sp³-hybridized carbons (Fsp3) is 0.917. The van der Waals surface area contributed by atoms with E-state index in [4.69, 9.17) is 5.73 Å². The van der Waals surface area contributed by atoms with Crippen LogP contribution in [0.4, 0.5) is 0 Å². The van der Waals surface area contributed by atoms with Crippen molar-refractivity contribution in [2.45, 2.75) is 45.7 Å². The maximum Gasteiger partial charge on any atom is 0.224 e. The van der Waals surface area contributed by atoms with Crippen LogP contribution in [0.3, 0.4) is 0 Å². The Bertz CT molecular complexity index is 239. The highest BCUT2D eigenvalue weighted by atomic mass is 35.5. The van der Waals surface area contributed by atoms with Gasteiger partial charge in [-0.1, -0.05) is 13.8 Å². The highest BCUT2D eigenvalue weighted by molar-refractivity contribution is 5.85. The van der Waals surface area contributed by atoms with Crippen molar-refractivity contribution in [3.05, 3.63) is 0 Å². The summed E-state index contributed by atoms with van der Waals surface area (Å²) >= 11 is 0. The zero-order valence-corrected chi connectivity index (χ0v) is 13.1. The summed E-state index contributed by atoms with van der Waals surface area (Å²) in [6, 6.07) is 0.445. The van der Waals surface area contributed by atoms with Gasteiger partial charge in [0, 0.05) is 24.5 Å². The van der Waals surface area contributed by atoms with Gasteiger partial charge in [-0.3, -0.25) is 9.69 Å². The van der Waals surface area contributed by atoms with Crippen LogP contribution in [0.1, 0.15) is 33.6 Å². The highest BCUT2D eigenvalue weighted by Gasteiger charge is 2.24. The lowest BCUT2D eigenvalue weighted by atomic mass is 10.0. The van der Waals surface area contributed by atoms with Gasteiger partial charge < -0.3 is 11.1 Å². The van der Waals surface area contributed by atoms with Gasteiger partial charge in [-0.25, -0.2) is 0 Å². The standard InChI is InChI=1S/C12H25N3O.2ClH/c1-4-15-7-5-6-11(15)8-14-12(16)9(2)10(3)13;;/h9-11H,4-8,13H2,1-3H3,(H,14,16);2*1H. The van der Waals surface area contributed by atoms with E-state index in [1.54, 1.807) is 0 Å². The normalized spacial score (nSPS) is 22.6. The van der Waals surface area contributed by atoms with Crippen molar-refractivity contribution in [3.8, 4) is 0 Å². The molecule has 1 saturated heterocycles. The number of hydrogen-bond donors (Lipinski definition) is 2. The van der Waals surface area contributed by atoms with Crippen LogP contribution in [0.15, 0.2) is 0 Å². The third kappa shape index (κ3) is 5.74. The summed E-state index contributed by atoms with van der Waals surface area (Å²) in [5, 5.41) is 3.01. The van der Waals surface area contributed by atoms with Gasteiger partial charge in [0.15, 0.2) is 0 Å². The smallest absolute Gasteiger partial charge is 0.224 e. The molecule has 6 heteroatoms. The molecule has 1 amide bonds. The van der Waals surface area contributed by atoms with E-state index < -0.39 is 0 Å². The van der Waals surface area contributed by atoms with Gasteiger partial charge in [-0.15, -0.1) is 24.8 Å². The molecule has 18 heavy (non-hydrogen) atoms. The van der Waals surface area contributed by atoms with Crippen molar-refractivity contribution < 1.29 is 4.79 Å². The molecule has 3 N–H and O–H groups in total. The molecule has 0 spiro atoms. The number of likely N-dealkylation sites (tertiary alicyclic amines) is 1. The number of nitrogens with zero attached hydrogens (tertiary/aromatic N) is 1. The summed E-state index contributed by atoms with van der Waals surface area (Å²) < 4.78 is 0. The molecule has 1 aliphatic heterocycles. The Balaban J connectivity index is 0. The molecular formula is C12H27Cl2N3O. The molecule has 4 nitrogen and oxygen atoms in total. The van der Waals surface area contributed by atoms with Crippen LogP contribution in [0, 0.1) is 5.92 Å². The number of amides is 1. The lowest BCUT2D eigenvalue weighted by Gasteiger charge is -2.24. The molecule has 0 aromatic carbocycles. The average molecular weight is 300 g/mol. The molecule has 1 aliphatic rings. The van der Waals surface area contributed by atoms with Gasteiger partial charge in [0.1, 0.15) is 0 Å². The summed E-state index contributed by atoms with van der Waals surface area (Å²) in [5.41, 5.74) is 5.70.